The molecule has 2 rings (SSSR count). The van der Waals surface area contributed by atoms with Gasteiger partial charge in [-0.2, -0.15) is 0 Å². The van der Waals surface area contributed by atoms with Crippen molar-refractivity contribution in [1.82, 2.24) is 10.2 Å². The number of carbonyl (C=O) groups is 2. The average Bonchev–Trinajstić information content (AvgIpc) is 2.66. The number of amides is 2. The zero-order valence-electron chi connectivity index (χ0n) is 14.8. The van der Waals surface area contributed by atoms with Crippen molar-refractivity contribution in [3.8, 4) is 11.5 Å². The SMILES string of the molecule is COc1cc(/C=C\C(=O)N[C@H](C)C(=O)N2CCOCC2)cc(OC)c1. The largest absolute Gasteiger partial charge is 0.497 e. The van der Waals surface area contributed by atoms with Crippen LogP contribution < -0.4 is 14.8 Å². The van der Waals surface area contributed by atoms with Crippen molar-refractivity contribution >= 4 is 17.9 Å². The second-order valence-corrected chi connectivity index (χ2v) is 5.65. The molecule has 136 valence electrons. The van der Waals surface area contributed by atoms with E-state index < -0.39 is 6.04 Å². The molecule has 25 heavy (non-hydrogen) atoms. The molecule has 0 unspecified atom stereocenters. The second kappa shape index (κ2) is 9.08. The molecule has 1 aliphatic rings. The van der Waals surface area contributed by atoms with Gasteiger partial charge in [-0.1, -0.05) is 0 Å². The highest BCUT2D eigenvalue weighted by atomic mass is 16.5. The lowest BCUT2D eigenvalue weighted by atomic mass is 10.2. The third-order valence-corrected chi connectivity index (χ3v) is 3.85. The quantitative estimate of drug-likeness (QED) is 0.779. The molecule has 0 radical (unpaired) electrons. The maximum Gasteiger partial charge on any atom is 0.245 e. The number of benzene rings is 1. The molecule has 1 saturated heterocycles. The Labute approximate surface area is 147 Å². The number of nitrogens with one attached hydrogen (secondary N) is 1. The molecule has 0 bridgehead atoms. The molecule has 1 heterocycles. The second-order valence-electron chi connectivity index (χ2n) is 5.65. The van der Waals surface area contributed by atoms with Gasteiger partial charge in [-0.3, -0.25) is 9.59 Å². The van der Waals surface area contributed by atoms with Crippen LogP contribution in [0.15, 0.2) is 24.3 Å². The number of hydrogen-bond donors (Lipinski definition) is 1. The summed E-state index contributed by atoms with van der Waals surface area (Å²) in [4.78, 5) is 26.0. The number of ether oxygens (including phenoxy) is 3. The molecular formula is C18H24N2O5. The van der Waals surface area contributed by atoms with E-state index in [9.17, 15) is 9.59 Å². The molecule has 1 atom stereocenters. The monoisotopic (exact) mass is 348 g/mol. The van der Waals surface area contributed by atoms with E-state index in [4.69, 9.17) is 14.2 Å². The molecule has 0 saturated carbocycles. The predicted molar refractivity (Wildman–Crippen MR) is 93.6 cm³/mol. The van der Waals surface area contributed by atoms with Crippen molar-refractivity contribution < 1.29 is 23.8 Å². The van der Waals surface area contributed by atoms with E-state index in [2.05, 4.69) is 5.32 Å². The van der Waals surface area contributed by atoms with Gasteiger partial charge >= 0.3 is 0 Å². The summed E-state index contributed by atoms with van der Waals surface area (Å²) >= 11 is 0. The lowest BCUT2D eigenvalue weighted by Gasteiger charge is -2.29. The number of methoxy groups -OCH3 is 2. The number of rotatable bonds is 6. The van der Waals surface area contributed by atoms with Crippen LogP contribution in [0.25, 0.3) is 6.08 Å². The smallest absolute Gasteiger partial charge is 0.245 e. The van der Waals surface area contributed by atoms with Crippen molar-refractivity contribution in [3.63, 3.8) is 0 Å². The summed E-state index contributed by atoms with van der Waals surface area (Å²) in [6, 6.07) is 4.74. The first-order chi connectivity index (χ1) is 12.0. The maximum atomic E-state index is 12.3. The summed E-state index contributed by atoms with van der Waals surface area (Å²) in [7, 11) is 3.13. The van der Waals surface area contributed by atoms with E-state index in [1.807, 2.05) is 0 Å². The van der Waals surface area contributed by atoms with E-state index in [1.54, 1.807) is 50.3 Å². The molecule has 1 aliphatic heterocycles. The fraction of sp³-hybridized carbons (Fsp3) is 0.444. The van der Waals surface area contributed by atoms with Gasteiger partial charge in [0.05, 0.1) is 27.4 Å². The van der Waals surface area contributed by atoms with Crippen LogP contribution in [-0.2, 0) is 14.3 Å². The Morgan fingerprint density at radius 2 is 1.76 bits per heavy atom. The van der Waals surface area contributed by atoms with E-state index in [1.165, 1.54) is 6.08 Å². The molecule has 1 aromatic rings. The summed E-state index contributed by atoms with van der Waals surface area (Å²) in [6.45, 7) is 3.85. The summed E-state index contributed by atoms with van der Waals surface area (Å²) in [5.41, 5.74) is 0.763. The lowest BCUT2D eigenvalue weighted by Crippen LogP contribution is -2.50. The topological polar surface area (TPSA) is 77.1 Å². The number of carbonyl (C=O) groups excluding carboxylic acids is 2. The standard InChI is InChI=1S/C18H24N2O5/c1-13(18(22)20-6-8-25-9-7-20)19-17(21)5-4-14-10-15(23-2)12-16(11-14)24-3/h4-5,10-13H,6-9H2,1-3H3,(H,19,21)/b5-4-/t13-/m1/s1. The Bertz CT molecular complexity index is 616. The normalized spacial score (nSPS) is 15.7. The molecule has 7 nitrogen and oxygen atoms in total. The molecule has 1 N–H and O–H groups in total. The molecule has 7 heteroatoms. The first-order valence-electron chi connectivity index (χ1n) is 8.11. The predicted octanol–water partition coefficient (Wildman–Crippen LogP) is 1.08. The minimum Gasteiger partial charge on any atom is -0.497 e. The highest BCUT2D eigenvalue weighted by Crippen LogP contribution is 2.23. The maximum absolute atomic E-state index is 12.3. The van der Waals surface area contributed by atoms with Gasteiger partial charge < -0.3 is 24.4 Å². The average molecular weight is 348 g/mol. The number of morpholine rings is 1. The molecule has 0 aromatic heterocycles. The molecule has 1 aromatic carbocycles. The Morgan fingerprint density at radius 1 is 1.16 bits per heavy atom. The molecule has 1 fully saturated rings. The van der Waals surface area contributed by atoms with Gasteiger partial charge in [0, 0.05) is 25.2 Å². The minimum atomic E-state index is -0.588. The molecule has 0 aliphatic carbocycles. The highest BCUT2D eigenvalue weighted by Gasteiger charge is 2.22. The van der Waals surface area contributed by atoms with Crippen LogP contribution in [0.2, 0.25) is 0 Å². The Balaban J connectivity index is 1.94. The summed E-state index contributed by atoms with van der Waals surface area (Å²) < 4.78 is 15.6. The zero-order chi connectivity index (χ0) is 18.2. The van der Waals surface area contributed by atoms with Crippen molar-refractivity contribution in [3.05, 3.63) is 29.8 Å². The Hall–Kier alpha value is -2.54. The fourth-order valence-electron chi connectivity index (χ4n) is 2.48. The molecule has 2 amide bonds. The highest BCUT2D eigenvalue weighted by molar-refractivity contribution is 5.95. The van der Waals surface area contributed by atoms with Crippen LogP contribution in [0, 0.1) is 0 Å². The first kappa shape index (κ1) is 18.8. The van der Waals surface area contributed by atoms with Crippen LogP contribution >= 0.6 is 0 Å². The van der Waals surface area contributed by atoms with E-state index in [-0.39, 0.29) is 11.8 Å². The van der Waals surface area contributed by atoms with Crippen molar-refractivity contribution in [1.29, 1.82) is 0 Å². The summed E-state index contributed by atoms with van der Waals surface area (Å²) in [6.07, 6.45) is 3.03. The fourth-order valence-corrected chi connectivity index (χ4v) is 2.48. The van der Waals surface area contributed by atoms with Crippen LogP contribution in [0.5, 0.6) is 11.5 Å². The van der Waals surface area contributed by atoms with Crippen molar-refractivity contribution in [2.75, 3.05) is 40.5 Å². The summed E-state index contributed by atoms with van der Waals surface area (Å²) in [5, 5.41) is 2.68. The number of nitrogens with zero attached hydrogens (tertiary/aromatic N) is 1. The molecule has 0 spiro atoms. The zero-order valence-corrected chi connectivity index (χ0v) is 14.8. The lowest BCUT2D eigenvalue weighted by molar-refractivity contribution is -0.138. The van der Waals surface area contributed by atoms with Crippen LogP contribution in [0.4, 0.5) is 0 Å². The third-order valence-electron chi connectivity index (χ3n) is 3.85. The van der Waals surface area contributed by atoms with E-state index in [0.29, 0.717) is 37.8 Å². The Kier molecular flexibility index (Phi) is 6.82. The van der Waals surface area contributed by atoms with Crippen molar-refractivity contribution in [2.24, 2.45) is 0 Å². The van der Waals surface area contributed by atoms with Crippen LogP contribution in [0.1, 0.15) is 12.5 Å². The molecular weight excluding hydrogens is 324 g/mol. The van der Waals surface area contributed by atoms with Gasteiger partial charge in [-0.15, -0.1) is 0 Å². The summed E-state index contributed by atoms with van der Waals surface area (Å²) in [5.74, 6) is 0.828. The third kappa shape index (κ3) is 5.49. The van der Waals surface area contributed by atoms with Crippen molar-refractivity contribution in [2.45, 2.75) is 13.0 Å². The Morgan fingerprint density at radius 3 is 2.32 bits per heavy atom. The van der Waals surface area contributed by atoms with Gasteiger partial charge in [-0.25, -0.2) is 0 Å². The van der Waals surface area contributed by atoms with E-state index >= 15 is 0 Å². The van der Waals surface area contributed by atoms with Gasteiger partial charge in [0.25, 0.3) is 0 Å². The van der Waals surface area contributed by atoms with Crippen LogP contribution in [0.3, 0.4) is 0 Å². The van der Waals surface area contributed by atoms with Gasteiger partial charge in [0.2, 0.25) is 11.8 Å². The minimum absolute atomic E-state index is 0.104. The van der Waals surface area contributed by atoms with Gasteiger partial charge in [0.15, 0.2) is 0 Å². The first-order valence-corrected chi connectivity index (χ1v) is 8.11. The van der Waals surface area contributed by atoms with Gasteiger partial charge in [-0.05, 0) is 30.7 Å². The van der Waals surface area contributed by atoms with Gasteiger partial charge in [0.1, 0.15) is 17.5 Å². The van der Waals surface area contributed by atoms with E-state index in [0.717, 1.165) is 5.56 Å². The van der Waals surface area contributed by atoms with Crippen LogP contribution in [-0.4, -0.2) is 63.3 Å². The number of hydrogen-bond acceptors (Lipinski definition) is 5.